The van der Waals surface area contributed by atoms with Gasteiger partial charge in [0, 0.05) is 19.3 Å². The van der Waals surface area contributed by atoms with Crippen LogP contribution < -0.4 is 16.4 Å². The van der Waals surface area contributed by atoms with Gasteiger partial charge in [0.15, 0.2) is 0 Å². The van der Waals surface area contributed by atoms with Crippen LogP contribution in [0.5, 0.6) is 0 Å². The molecule has 1 aromatic carbocycles. The number of nitrogens with zero attached hydrogens (tertiary/aromatic N) is 5. The van der Waals surface area contributed by atoms with Crippen molar-refractivity contribution in [2.45, 2.75) is 24.9 Å². The SMILES string of the molecule is [C-]#[N+]c1ccc(Cn2c(N3CCC[C@](N)(C(N)=O)C3)nc3ccccc32)nc1. The summed E-state index contributed by atoms with van der Waals surface area (Å²) in [5.74, 6) is 0.254. The summed E-state index contributed by atoms with van der Waals surface area (Å²) < 4.78 is 2.07. The van der Waals surface area contributed by atoms with Crippen molar-refractivity contribution in [3.05, 3.63) is 59.7 Å². The third kappa shape index (κ3) is 3.17. The van der Waals surface area contributed by atoms with E-state index >= 15 is 0 Å². The van der Waals surface area contributed by atoms with Crippen LogP contribution in [0, 0.1) is 6.57 Å². The number of carbonyl (C=O) groups is 1. The molecule has 1 fully saturated rings. The first-order chi connectivity index (χ1) is 13.5. The first-order valence-electron chi connectivity index (χ1n) is 9.11. The molecule has 28 heavy (non-hydrogen) atoms. The number of pyridine rings is 1. The van der Waals surface area contributed by atoms with Gasteiger partial charge in [0.25, 0.3) is 0 Å². The number of rotatable bonds is 4. The maximum atomic E-state index is 11.9. The van der Waals surface area contributed by atoms with Crippen molar-refractivity contribution in [2.75, 3.05) is 18.0 Å². The van der Waals surface area contributed by atoms with E-state index in [4.69, 9.17) is 23.0 Å². The number of nitrogens with two attached hydrogens (primary N) is 2. The molecule has 4 N–H and O–H groups in total. The molecule has 0 aliphatic carbocycles. The molecule has 2 aromatic heterocycles. The predicted octanol–water partition coefficient (Wildman–Crippen LogP) is 1.81. The molecular formula is C20H21N7O. The third-order valence-electron chi connectivity index (χ3n) is 5.19. The predicted molar refractivity (Wildman–Crippen MR) is 107 cm³/mol. The fourth-order valence-electron chi connectivity index (χ4n) is 3.65. The van der Waals surface area contributed by atoms with E-state index in [1.165, 1.54) is 0 Å². The van der Waals surface area contributed by atoms with Gasteiger partial charge in [-0.05, 0) is 31.0 Å². The zero-order valence-electron chi connectivity index (χ0n) is 15.4. The van der Waals surface area contributed by atoms with Gasteiger partial charge >= 0.3 is 0 Å². The van der Waals surface area contributed by atoms with Crippen LogP contribution in [-0.4, -0.2) is 39.1 Å². The first kappa shape index (κ1) is 17.9. The molecule has 3 aromatic rings. The minimum atomic E-state index is -1.06. The molecule has 1 aliphatic heterocycles. The van der Waals surface area contributed by atoms with Crippen LogP contribution in [0.4, 0.5) is 11.6 Å². The molecule has 8 nitrogen and oxygen atoms in total. The highest BCUT2D eigenvalue weighted by Crippen LogP contribution is 2.28. The summed E-state index contributed by atoms with van der Waals surface area (Å²) in [5.41, 5.74) is 13.9. The van der Waals surface area contributed by atoms with Gasteiger partial charge in [0.1, 0.15) is 5.54 Å². The maximum Gasteiger partial charge on any atom is 0.239 e. The van der Waals surface area contributed by atoms with Crippen LogP contribution in [-0.2, 0) is 11.3 Å². The Hall–Kier alpha value is -3.44. The molecule has 3 heterocycles. The largest absolute Gasteiger partial charge is 0.368 e. The second-order valence-electron chi connectivity index (χ2n) is 7.15. The van der Waals surface area contributed by atoms with Gasteiger partial charge in [0.2, 0.25) is 17.5 Å². The van der Waals surface area contributed by atoms with Crippen molar-refractivity contribution in [1.82, 2.24) is 14.5 Å². The number of amides is 1. The maximum absolute atomic E-state index is 11.9. The summed E-state index contributed by atoms with van der Waals surface area (Å²) in [5, 5.41) is 0. The van der Waals surface area contributed by atoms with Crippen molar-refractivity contribution < 1.29 is 4.79 Å². The number of aromatic nitrogens is 3. The van der Waals surface area contributed by atoms with Crippen LogP contribution in [0.15, 0.2) is 42.6 Å². The van der Waals surface area contributed by atoms with E-state index in [9.17, 15) is 4.79 Å². The Balaban J connectivity index is 1.75. The molecule has 0 saturated carbocycles. The monoisotopic (exact) mass is 375 g/mol. The summed E-state index contributed by atoms with van der Waals surface area (Å²) in [6, 6.07) is 11.5. The molecule has 1 saturated heterocycles. The lowest BCUT2D eigenvalue weighted by molar-refractivity contribution is -0.123. The number of fused-ring (bicyclic) bond motifs is 1. The summed E-state index contributed by atoms with van der Waals surface area (Å²) in [7, 11) is 0. The average molecular weight is 375 g/mol. The first-order valence-corrected chi connectivity index (χ1v) is 9.11. The van der Waals surface area contributed by atoms with E-state index in [0.717, 1.165) is 35.6 Å². The average Bonchev–Trinajstić information content (AvgIpc) is 3.07. The number of hydrogen-bond acceptors (Lipinski definition) is 5. The van der Waals surface area contributed by atoms with Crippen molar-refractivity contribution in [1.29, 1.82) is 0 Å². The standard InChI is InChI=1S/C20H21N7O/c1-23-14-7-8-15(24-11-14)12-27-17-6-3-2-5-16(17)25-19(27)26-10-4-9-20(22,13-26)18(21)28/h2-3,5-8,11H,4,9-10,12-13,22H2,(H2,21,28)/t20-/m1/s1. The topological polar surface area (TPSA) is 107 Å². The Morgan fingerprint density at radius 1 is 1.29 bits per heavy atom. The van der Waals surface area contributed by atoms with Gasteiger partial charge in [-0.2, -0.15) is 0 Å². The van der Waals surface area contributed by atoms with Crippen molar-refractivity contribution >= 4 is 28.6 Å². The number of anilines is 1. The lowest BCUT2D eigenvalue weighted by atomic mass is 9.89. The molecule has 0 bridgehead atoms. The third-order valence-corrected chi connectivity index (χ3v) is 5.19. The van der Waals surface area contributed by atoms with Crippen molar-refractivity contribution in [3.8, 4) is 0 Å². The Morgan fingerprint density at radius 3 is 2.82 bits per heavy atom. The molecule has 1 amide bonds. The number of piperidine rings is 1. The molecule has 0 unspecified atom stereocenters. The molecule has 8 heteroatoms. The summed E-state index contributed by atoms with van der Waals surface area (Å²) >= 11 is 0. The quantitative estimate of drug-likeness (QED) is 0.676. The molecule has 0 spiro atoms. The van der Waals surface area contributed by atoms with E-state index in [-0.39, 0.29) is 0 Å². The Labute approximate surface area is 162 Å². The lowest BCUT2D eigenvalue weighted by Crippen LogP contribution is -2.62. The van der Waals surface area contributed by atoms with Gasteiger partial charge in [-0.15, -0.1) is 0 Å². The van der Waals surface area contributed by atoms with Gasteiger partial charge in [0.05, 0.1) is 29.8 Å². The van der Waals surface area contributed by atoms with Crippen molar-refractivity contribution in [2.24, 2.45) is 11.5 Å². The van der Waals surface area contributed by atoms with Crippen LogP contribution in [0.3, 0.4) is 0 Å². The molecule has 1 atom stereocenters. The minimum absolute atomic E-state index is 0.329. The van der Waals surface area contributed by atoms with Gasteiger partial charge in [-0.3, -0.25) is 9.78 Å². The van der Waals surface area contributed by atoms with Crippen LogP contribution in [0.2, 0.25) is 0 Å². The van der Waals surface area contributed by atoms with E-state index < -0.39 is 11.4 Å². The second kappa shape index (κ2) is 6.94. The Morgan fingerprint density at radius 2 is 2.11 bits per heavy atom. The van der Waals surface area contributed by atoms with E-state index in [1.807, 2.05) is 35.2 Å². The highest BCUT2D eigenvalue weighted by molar-refractivity contribution is 5.86. The van der Waals surface area contributed by atoms with Crippen LogP contribution >= 0.6 is 0 Å². The van der Waals surface area contributed by atoms with E-state index in [0.29, 0.717) is 25.2 Å². The minimum Gasteiger partial charge on any atom is -0.368 e. The number of imidazole rings is 1. The molecule has 142 valence electrons. The molecular weight excluding hydrogens is 354 g/mol. The number of primary amides is 1. The zero-order chi connectivity index (χ0) is 19.7. The van der Waals surface area contributed by atoms with E-state index in [2.05, 4.69) is 14.4 Å². The number of hydrogen-bond donors (Lipinski definition) is 2. The highest BCUT2D eigenvalue weighted by atomic mass is 16.1. The molecule has 1 aliphatic rings. The summed E-state index contributed by atoms with van der Waals surface area (Å²) in [6.45, 7) is 8.65. The van der Waals surface area contributed by atoms with Gasteiger partial charge in [-0.25, -0.2) is 9.83 Å². The zero-order valence-corrected chi connectivity index (χ0v) is 15.4. The Kier molecular flexibility index (Phi) is 4.45. The Bertz CT molecular complexity index is 1070. The molecule has 0 radical (unpaired) electrons. The number of para-hydroxylation sites is 2. The normalized spacial score (nSPS) is 19.5. The smallest absolute Gasteiger partial charge is 0.239 e. The fourth-order valence-corrected chi connectivity index (χ4v) is 3.65. The van der Waals surface area contributed by atoms with E-state index in [1.54, 1.807) is 12.3 Å². The van der Waals surface area contributed by atoms with Crippen LogP contribution in [0.1, 0.15) is 18.5 Å². The molecule has 4 rings (SSSR count). The summed E-state index contributed by atoms with van der Waals surface area (Å²) in [4.78, 5) is 26.5. The van der Waals surface area contributed by atoms with Gasteiger partial charge < -0.3 is 20.9 Å². The van der Waals surface area contributed by atoms with Crippen LogP contribution in [0.25, 0.3) is 15.9 Å². The number of carbonyl (C=O) groups excluding carboxylic acids is 1. The lowest BCUT2D eigenvalue weighted by Gasteiger charge is -2.38. The second-order valence-corrected chi connectivity index (χ2v) is 7.15. The number of benzene rings is 1. The fraction of sp³-hybridized carbons (Fsp3) is 0.300. The summed E-state index contributed by atoms with van der Waals surface area (Å²) in [6.07, 6.45) is 2.90. The van der Waals surface area contributed by atoms with Gasteiger partial charge in [-0.1, -0.05) is 18.2 Å². The highest BCUT2D eigenvalue weighted by Gasteiger charge is 2.38. The van der Waals surface area contributed by atoms with Crippen molar-refractivity contribution in [3.63, 3.8) is 0 Å².